The maximum atomic E-state index is 12.0. The second kappa shape index (κ2) is 6.50. The standard InChI is InChI=1S/C14H16ClN3O3S/c1-9-13(10(2)18-22(20,21)17-9)7-14(19)16-8-11-4-3-5-12(15)6-11/h3-6,17H,7-8H2,1-2H3,(H,16,19). The van der Waals surface area contributed by atoms with Gasteiger partial charge in [0, 0.05) is 22.8 Å². The Balaban J connectivity index is 1.99. The number of carbonyl (C=O) groups excluding carboxylic acids is 1. The van der Waals surface area contributed by atoms with Crippen molar-refractivity contribution in [2.45, 2.75) is 26.8 Å². The van der Waals surface area contributed by atoms with Gasteiger partial charge in [-0.3, -0.25) is 9.52 Å². The molecule has 2 N–H and O–H groups in total. The third kappa shape index (κ3) is 4.32. The summed E-state index contributed by atoms with van der Waals surface area (Å²) in [5, 5.41) is 3.38. The van der Waals surface area contributed by atoms with Gasteiger partial charge in [0.05, 0.1) is 12.1 Å². The van der Waals surface area contributed by atoms with Gasteiger partial charge < -0.3 is 5.32 Å². The molecule has 2 rings (SSSR count). The molecular formula is C14H16ClN3O3S. The van der Waals surface area contributed by atoms with Crippen molar-refractivity contribution in [3.63, 3.8) is 0 Å². The molecule has 0 radical (unpaired) electrons. The maximum Gasteiger partial charge on any atom is 0.342 e. The lowest BCUT2D eigenvalue weighted by atomic mass is 10.1. The Kier molecular flexibility index (Phi) is 4.87. The zero-order valence-electron chi connectivity index (χ0n) is 12.2. The molecule has 1 aliphatic rings. The quantitative estimate of drug-likeness (QED) is 0.877. The highest BCUT2D eigenvalue weighted by Gasteiger charge is 2.21. The Hall–Kier alpha value is -1.86. The van der Waals surface area contributed by atoms with Gasteiger partial charge in [0.2, 0.25) is 5.91 Å². The molecule has 0 fully saturated rings. The van der Waals surface area contributed by atoms with Crippen LogP contribution in [-0.4, -0.2) is 20.0 Å². The molecule has 0 saturated carbocycles. The molecule has 6 nitrogen and oxygen atoms in total. The van der Waals surface area contributed by atoms with E-state index < -0.39 is 10.2 Å². The van der Waals surface area contributed by atoms with E-state index in [0.717, 1.165) is 5.56 Å². The number of nitrogens with zero attached hydrogens (tertiary/aromatic N) is 1. The Morgan fingerprint density at radius 1 is 1.36 bits per heavy atom. The van der Waals surface area contributed by atoms with E-state index >= 15 is 0 Å². The SMILES string of the molecule is CC1=NS(=O)(=O)NC(C)=C1CC(=O)NCc1cccc(Cl)c1. The van der Waals surface area contributed by atoms with Crippen molar-refractivity contribution in [1.29, 1.82) is 0 Å². The summed E-state index contributed by atoms with van der Waals surface area (Å²) in [6.45, 7) is 3.53. The summed E-state index contributed by atoms with van der Waals surface area (Å²) in [5.74, 6) is -0.218. The maximum absolute atomic E-state index is 12.0. The first kappa shape index (κ1) is 16.5. The van der Waals surface area contributed by atoms with Crippen LogP contribution in [0.5, 0.6) is 0 Å². The van der Waals surface area contributed by atoms with Gasteiger partial charge in [-0.15, -0.1) is 4.40 Å². The first-order valence-corrected chi connectivity index (χ1v) is 8.39. The second-order valence-electron chi connectivity index (χ2n) is 4.94. The summed E-state index contributed by atoms with van der Waals surface area (Å²) in [7, 11) is -3.68. The van der Waals surface area contributed by atoms with Gasteiger partial charge in [-0.25, -0.2) is 0 Å². The van der Waals surface area contributed by atoms with Gasteiger partial charge in [0.1, 0.15) is 0 Å². The van der Waals surface area contributed by atoms with Crippen molar-refractivity contribution >= 4 is 33.4 Å². The number of allylic oxidation sites excluding steroid dienone is 1. The van der Waals surface area contributed by atoms with E-state index in [9.17, 15) is 13.2 Å². The van der Waals surface area contributed by atoms with Crippen molar-refractivity contribution in [2.24, 2.45) is 4.40 Å². The fourth-order valence-electron chi connectivity index (χ4n) is 2.12. The van der Waals surface area contributed by atoms with Gasteiger partial charge in [0.15, 0.2) is 0 Å². The number of hydrogen-bond acceptors (Lipinski definition) is 3. The van der Waals surface area contributed by atoms with Crippen LogP contribution in [0.25, 0.3) is 0 Å². The first-order chi connectivity index (χ1) is 10.3. The van der Waals surface area contributed by atoms with E-state index in [2.05, 4.69) is 14.4 Å². The number of nitrogens with one attached hydrogen (secondary N) is 2. The van der Waals surface area contributed by atoms with Crippen LogP contribution in [0.1, 0.15) is 25.8 Å². The molecule has 0 spiro atoms. The smallest absolute Gasteiger partial charge is 0.342 e. The summed E-state index contributed by atoms with van der Waals surface area (Å²) in [6, 6.07) is 7.20. The Morgan fingerprint density at radius 3 is 2.73 bits per heavy atom. The van der Waals surface area contributed by atoms with Crippen molar-refractivity contribution in [3.8, 4) is 0 Å². The zero-order chi connectivity index (χ0) is 16.3. The highest BCUT2D eigenvalue weighted by molar-refractivity contribution is 7.88. The van der Waals surface area contributed by atoms with Crippen molar-refractivity contribution in [2.75, 3.05) is 0 Å². The van der Waals surface area contributed by atoms with E-state index in [1.165, 1.54) is 0 Å². The molecule has 1 aromatic carbocycles. The average molecular weight is 342 g/mol. The van der Waals surface area contributed by atoms with Crippen molar-refractivity contribution in [3.05, 3.63) is 46.1 Å². The van der Waals surface area contributed by atoms with Gasteiger partial charge in [0.25, 0.3) is 0 Å². The van der Waals surface area contributed by atoms with Crippen LogP contribution in [0.2, 0.25) is 5.02 Å². The Bertz CT molecular complexity index is 769. The molecule has 1 aliphatic heterocycles. The third-order valence-electron chi connectivity index (χ3n) is 3.14. The van der Waals surface area contributed by atoms with Gasteiger partial charge in [-0.1, -0.05) is 23.7 Å². The predicted octanol–water partition coefficient (Wildman–Crippen LogP) is 1.93. The van der Waals surface area contributed by atoms with E-state index in [4.69, 9.17) is 11.6 Å². The summed E-state index contributed by atoms with van der Waals surface area (Å²) >= 11 is 5.88. The fourth-order valence-corrected chi connectivity index (χ4v) is 3.36. The fraction of sp³-hybridized carbons (Fsp3) is 0.286. The van der Waals surface area contributed by atoms with E-state index in [1.807, 2.05) is 12.1 Å². The lowest BCUT2D eigenvalue weighted by molar-refractivity contribution is -0.120. The van der Waals surface area contributed by atoms with Crippen LogP contribution in [0.4, 0.5) is 0 Å². The lowest BCUT2D eigenvalue weighted by Crippen LogP contribution is -2.31. The Labute approximate surface area is 134 Å². The summed E-state index contributed by atoms with van der Waals surface area (Å²) in [5.41, 5.74) is 2.22. The second-order valence-corrected chi connectivity index (χ2v) is 6.71. The molecule has 0 aromatic heterocycles. The van der Waals surface area contributed by atoms with Crippen LogP contribution in [0.15, 0.2) is 39.9 Å². The minimum Gasteiger partial charge on any atom is -0.352 e. The van der Waals surface area contributed by atoms with Crippen LogP contribution < -0.4 is 10.0 Å². The molecule has 1 amide bonds. The average Bonchev–Trinajstić information content (AvgIpc) is 2.40. The van der Waals surface area contributed by atoms with Crippen LogP contribution in [-0.2, 0) is 21.5 Å². The van der Waals surface area contributed by atoms with Gasteiger partial charge in [-0.05, 0) is 31.5 Å². The molecule has 0 unspecified atom stereocenters. The number of halogens is 1. The topological polar surface area (TPSA) is 87.6 Å². The summed E-state index contributed by atoms with van der Waals surface area (Å²) in [4.78, 5) is 12.0. The van der Waals surface area contributed by atoms with Gasteiger partial charge in [-0.2, -0.15) is 8.42 Å². The molecule has 0 saturated heterocycles. The highest BCUT2D eigenvalue weighted by Crippen LogP contribution is 2.16. The number of benzene rings is 1. The van der Waals surface area contributed by atoms with Crippen LogP contribution in [0.3, 0.4) is 0 Å². The molecular weight excluding hydrogens is 326 g/mol. The van der Waals surface area contributed by atoms with E-state index in [-0.39, 0.29) is 12.3 Å². The molecule has 8 heteroatoms. The number of amides is 1. The predicted molar refractivity (Wildman–Crippen MR) is 85.8 cm³/mol. The minimum absolute atomic E-state index is 0.0598. The molecule has 1 aromatic rings. The number of carbonyl (C=O) groups is 1. The Morgan fingerprint density at radius 2 is 2.09 bits per heavy atom. The molecule has 0 aliphatic carbocycles. The van der Waals surface area contributed by atoms with E-state index in [1.54, 1.807) is 26.0 Å². The zero-order valence-corrected chi connectivity index (χ0v) is 13.8. The largest absolute Gasteiger partial charge is 0.352 e. The monoisotopic (exact) mass is 341 g/mol. The molecule has 0 bridgehead atoms. The van der Waals surface area contributed by atoms with E-state index in [0.29, 0.717) is 28.5 Å². The first-order valence-electron chi connectivity index (χ1n) is 6.57. The number of hydrogen-bond donors (Lipinski definition) is 2. The molecule has 1 heterocycles. The van der Waals surface area contributed by atoms with Crippen LogP contribution in [0, 0.1) is 0 Å². The normalized spacial score (nSPS) is 16.8. The third-order valence-corrected chi connectivity index (χ3v) is 4.46. The van der Waals surface area contributed by atoms with Crippen molar-refractivity contribution < 1.29 is 13.2 Å². The van der Waals surface area contributed by atoms with Crippen LogP contribution >= 0.6 is 11.6 Å². The highest BCUT2D eigenvalue weighted by atomic mass is 35.5. The molecule has 22 heavy (non-hydrogen) atoms. The van der Waals surface area contributed by atoms with Crippen molar-refractivity contribution in [1.82, 2.24) is 10.0 Å². The molecule has 118 valence electrons. The molecule has 0 atom stereocenters. The minimum atomic E-state index is -3.68. The summed E-state index contributed by atoms with van der Waals surface area (Å²) in [6.07, 6.45) is 0.0598. The lowest BCUT2D eigenvalue weighted by Gasteiger charge is -2.17. The number of rotatable bonds is 4. The summed E-state index contributed by atoms with van der Waals surface area (Å²) < 4.78 is 28.6. The van der Waals surface area contributed by atoms with Gasteiger partial charge >= 0.3 is 10.2 Å².